The Kier molecular flexibility index (Phi) is 2.97. The number of aliphatic hydroxyl groups excluding tert-OH is 1. The molecule has 3 saturated carbocycles. The molecular formula is C17H18N2O2. The van der Waals surface area contributed by atoms with E-state index in [0.717, 1.165) is 23.7 Å². The van der Waals surface area contributed by atoms with Gasteiger partial charge in [0.15, 0.2) is 0 Å². The molecule has 4 atom stereocenters. The summed E-state index contributed by atoms with van der Waals surface area (Å²) in [5.41, 5.74) is 1.14. The zero-order valence-corrected chi connectivity index (χ0v) is 11.7. The average Bonchev–Trinajstić information content (AvgIpc) is 2.90. The summed E-state index contributed by atoms with van der Waals surface area (Å²) >= 11 is 0. The maximum atomic E-state index is 12.5. The van der Waals surface area contributed by atoms with Crippen LogP contribution in [0.5, 0.6) is 0 Å². The highest BCUT2D eigenvalue weighted by Gasteiger charge is 2.65. The van der Waals surface area contributed by atoms with Crippen molar-refractivity contribution in [3.05, 3.63) is 29.6 Å². The number of carbonyl (C=O) groups is 1. The lowest BCUT2D eigenvalue weighted by Gasteiger charge is -2.11. The van der Waals surface area contributed by atoms with Crippen LogP contribution in [0.15, 0.2) is 18.5 Å². The van der Waals surface area contributed by atoms with Crippen LogP contribution in [0.4, 0.5) is 0 Å². The van der Waals surface area contributed by atoms with Gasteiger partial charge in [0.1, 0.15) is 6.61 Å². The smallest absolute Gasteiger partial charge is 0.252 e. The van der Waals surface area contributed by atoms with Gasteiger partial charge in [0.05, 0.1) is 11.1 Å². The van der Waals surface area contributed by atoms with Crippen LogP contribution in [0.1, 0.15) is 35.2 Å². The fraction of sp³-hybridized carbons (Fsp3) is 0.529. The van der Waals surface area contributed by atoms with Crippen LogP contribution in [-0.4, -0.2) is 28.6 Å². The number of rotatable bonds is 2. The molecule has 1 aromatic rings. The molecule has 0 spiro atoms. The molecular weight excluding hydrogens is 264 g/mol. The van der Waals surface area contributed by atoms with E-state index in [1.54, 1.807) is 18.5 Å². The highest BCUT2D eigenvalue weighted by atomic mass is 16.2. The number of hydrogen-bond donors (Lipinski definition) is 2. The topological polar surface area (TPSA) is 62.2 Å². The van der Waals surface area contributed by atoms with Crippen molar-refractivity contribution in [2.45, 2.75) is 25.3 Å². The number of pyridine rings is 1. The molecule has 4 heteroatoms. The summed E-state index contributed by atoms with van der Waals surface area (Å²) in [4.78, 5) is 16.5. The second-order valence-electron chi connectivity index (χ2n) is 6.37. The highest BCUT2D eigenvalue weighted by molar-refractivity contribution is 5.97. The summed E-state index contributed by atoms with van der Waals surface area (Å²) in [6.45, 7) is -0.216. The second-order valence-corrected chi connectivity index (χ2v) is 6.37. The number of nitrogens with one attached hydrogen (secondary N) is 1. The Labute approximate surface area is 124 Å². The van der Waals surface area contributed by atoms with Crippen molar-refractivity contribution in [2.75, 3.05) is 6.61 Å². The Balaban J connectivity index is 1.49. The molecule has 4 unspecified atom stereocenters. The van der Waals surface area contributed by atoms with Crippen molar-refractivity contribution in [1.29, 1.82) is 0 Å². The third-order valence-corrected chi connectivity index (χ3v) is 5.40. The molecule has 3 fully saturated rings. The molecule has 21 heavy (non-hydrogen) atoms. The standard InChI is InChI=1S/C17H18N2O2/c20-7-1-2-12-9-18-6-5-13(12)17(21)19-16-14-10-3-4-11(8-10)15(14)16/h5-6,9-11,14-16,20H,3-4,7-8H2,(H,19,21). The molecule has 0 aromatic carbocycles. The third-order valence-electron chi connectivity index (χ3n) is 5.40. The molecule has 3 aliphatic carbocycles. The molecule has 2 N–H and O–H groups in total. The summed E-state index contributed by atoms with van der Waals surface area (Å²) in [7, 11) is 0. The van der Waals surface area contributed by atoms with Crippen LogP contribution in [0, 0.1) is 35.5 Å². The normalized spacial score (nSPS) is 34.8. The highest BCUT2D eigenvalue weighted by Crippen LogP contribution is 2.65. The molecule has 0 radical (unpaired) electrons. The van der Waals surface area contributed by atoms with Gasteiger partial charge in [0, 0.05) is 18.4 Å². The van der Waals surface area contributed by atoms with E-state index >= 15 is 0 Å². The number of nitrogens with zero attached hydrogens (tertiary/aromatic N) is 1. The molecule has 1 heterocycles. The van der Waals surface area contributed by atoms with Crippen LogP contribution >= 0.6 is 0 Å². The van der Waals surface area contributed by atoms with Crippen LogP contribution in [0.2, 0.25) is 0 Å². The predicted molar refractivity (Wildman–Crippen MR) is 77.3 cm³/mol. The quantitative estimate of drug-likeness (QED) is 0.801. The Morgan fingerprint density at radius 2 is 2.14 bits per heavy atom. The monoisotopic (exact) mass is 282 g/mol. The van der Waals surface area contributed by atoms with Crippen LogP contribution in [-0.2, 0) is 0 Å². The van der Waals surface area contributed by atoms with E-state index in [1.807, 2.05) is 0 Å². The molecule has 3 aliphatic rings. The average molecular weight is 282 g/mol. The molecule has 0 aliphatic heterocycles. The first kappa shape index (κ1) is 12.8. The van der Waals surface area contributed by atoms with E-state index in [1.165, 1.54) is 19.3 Å². The minimum Gasteiger partial charge on any atom is -0.384 e. The molecule has 2 bridgehead atoms. The van der Waals surface area contributed by atoms with Gasteiger partial charge in [-0.2, -0.15) is 0 Å². The lowest BCUT2D eigenvalue weighted by atomic mass is 10.0. The van der Waals surface area contributed by atoms with E-state index in [0.29, 0.717) is 17.2 Å². The van der Waals surface area contributed by atoms with Gasteiger partial charge in [-0.05, 0) is 49.0 Å². The van der Waals surface area contributed by atoms with Gasteiger partial charge in [-0.1, -0.05) is 11.8 Å². The summed E-state index contributed by atoms with van der Waals surface area (Å²) in [6.07, 6.45) is 7.26. The first-order valence-electron chi connectivity index (χ1n) is 7.64. The van der Waals surface area contributed by atoms with Gasteiger partial charge < -0.3 is 10.4 Å². The van der Waals surface area contributed by atoms with Crippen molar-refractivity contribution in [2.24, 2.45) is 23.7 Å². The summed E-state index contributed by atoms with van der Waals surface area (Å²) in [5.74, 6) is 8.45. The minimum absolute atomic E-state index is 0.0570. The van der Waals surface area contributed by atoms with E-state index < -0.39 is 0 Å². The molecule has 0 saturated heterocycles. The maximum absolute atomic E-state index is 12.5. The molecule has 1 aromatic heterocycles. The Morgan fingerprint density at radius 1 is 1.38 bits per heavy atom. The summed E-state index contributed by atoms with van der Waals surface area (Å²) in [6, 6.07) is 2.07. The number of aromatic nitrogens is 1. The van der Waals surface area contributed by atoms with Gasteiger partial charge in [0.25, 0.3) is 5.91 Å². The fourth-order valence-electron chi connectivity index (χ4n) is 4.57. The number of hydrogen-bond acceptors (Lipinski definition) is 3. The molecule has 108 valence electrons. The fourth-order valence-corrected chi connectivity index (χ4v) is 4.57. The third kappa shape index (κ3) is 2.04. The van der Waals surface area contributed by atoms with Gasteiger partial charge >= 0.3 is 0 Å². The second kappa shape index (κ2) is 4.85. The maximum Gasteiger partial charge on any atom is 0.252 e. The SMILES string of the molecule is O=C(NC1C2C3CCC(C3)C12)c1ccncc1C#CCO. The zero-order valence-electron chi connectivity index (χ0n) is 11.7. The molecule has 4 nitrogen and oxygen atoms in total. The Morgan fingerprint density at radius 3 is 2.86 bits per heavy atom. The first-order chi connectivity index (χ1) is 10.3. The van der Waals surface area contributed by atoms with Crippen LogP contribution < -0.4 is 5.32 Å². The van der Waals surface area contributed by atoms with Crippen molar-refractivity contribution < 1.29 is 9.90 Å². The Bertz CT molecular complexity index is 630. The van der Waals surface area contributed by atoms with E-state index in [4.69, 9.17) is 5.11 Å². The number of aliphatic hydroxyl groups is 1. The summed E-state index contributed by atoms with van der Waals surface area (Å²) in [5, 5.41) is 12.0. The number of fused-ring (bicyclic) bond motifs is 5. The Hall–Kier alpha value is -1.86. The van der Waals surface area contributed by atoms with Crippen LogP contribution in [0.25, 0.3) is 0 Å². The molecule has 4 rings (SSSR count). The predicted octanol–water partition coefficient (Wildman–Crippen LogP) is 1.20. The van der Waals surface area contributed by atoms with E-state index in [2.05, 4.69) is 22.1 Å². The summed E-state index contributed by atoms with van der Waals surface area (Å²) < 4.78 is 0. The van der Waals surface area contributed by atoms with E-state index in [9.17, 15) is 4.79 Å². The lowest BCUT2D eigenvalue weighted by Crippen LogP contribution is -2.30. The lowest BCUT2D eigenvalue weighted by molar-refractivity contribution is 0.0944. The van der Waals surface area contributed by atoms with Crippen LogP contribution in [0.3, 0.4) is 0 Å². The largest absolute Gasteiger partial charge is 0.384 e. The number of amides is 1. The zero-order chi connectivity index (χ0) is 14.4. The minimum atomic E-state index is -0.216. The van der Waals surface area contributed by atoms with Crippen molar-refractivity contribution in [1.82, 2.24) is 10.3 Å². The van der Waals surface area contributed by atoms with Crippen molar-refractivity contribution in [3.63, 3.8) is 0 Å². The van der Waals surface area contributed by atoms with Gasteiger partial charge in [0.2, 0.25) is 0 Å². The first-order valence-corrected chi connectivity index (χ1v) is 7.64. The van der Waals surface area contributed by atoms with Gasteiger partial charge in [-0.25, -0.2) is 0 Å². The van der Waals surface area contributed by atoms with Crippen molar-refractivity contribution >= 4 is 5.91 Å². The molecule has 1 amide bonds. The van der Waals surface area contributed by atoms with Gasteiger partial charge in [-0.15, -0.1) is 0 Å². The van der Waals surface area contributed by atoms with Crippen molar-refractivity contribution in [3.8, 4) is 11.8 Å². The van der Waals surface area contributed by atoms with E-state index in [-0.39, 0.29) is 12.5 Å². The van der Waals surface area contributed by atoms with Gasteiger partial charge in [-0.3, -0.25) is 9.78 Å². The number of carbonyl (C=O) groups excluding carboxylic acids is 1.